The lowest BCUT2D eigenvalue weighted by Gasteiger charge is -2.09. The van der Waals surface area contributed by atoms with Gasteiger partial charge in [0.2, 0.25) is 9.84 Å². The van der Waals surface area contributed by atoms with Crippen LogP contribution in [0.5, 0.6) is 23.0 Å². The number of esters is 1. The van der Waals surface area contributed by atoms with Crippen LogP contribution in [0, 0.1) is 13.8 Å². The summed E-state index contributed by atoms with van der Waals surface area (Å²) in [6, 6.07) is 52.2. The van der Waals surface area contributed by atoms with Crippen LogP contribution in [0.4, 0.5) is 0 Å². The highest BCUT2D eigenvalue weighted by molar-refractivity contribution is 7.91. The fourth-order valence-corrected chi connectivity index (χ4v) is 5.34. The van der Waals surface area contributed by atoms with E-state index in [4.69, 9.17) is 14.2 Å². The SMILES string of the molecule is C=C(C)C(=O)OCCC.CC.CC.CC.CC.CC(C)=O.Cc1ccc(Oc2ccc(S(=O)(=O)c3ccc(Oc4ccc(C)cc4)cc3)cc2)cc1.c1ccccc1.c1ccccc1. The quantitative estimate of drug-likeness (QED) is 0.105. The minimum atomic E-state index is -3.64. The van der Waals surface area contributed by atoms with Gasteiger partial charge in [-0.05, 0) is 114 Å². The summed E-state index contributed by atoms with van der Waals surface area (Å²) in [4.78, 5) is 20.4. The topological polar surface area (TPSA) is 96.0 Å². The lowest BCUT2D eigenvalue weighted by atomic mass is 10.2. The first-order valence-electron chi connectivity index (χ1n) is 22.1. The van der Waals surface area contributed by atoms with Gasteiger partial charge in [0.05, 0.1) is 16.4 Å². The first-order valence-corrected chi connectivity index (χ1v) is 23.5. The fraction of sp³-hybridized carbons (Fsp3) is 0.286. The molecular formula is C56H76O7S. The van der Waals surface area contributed by atoms with E-state index in [0.29, 0.717) is 35.2 Å². The van der Waals surface area contributed by atoms with Gasteiger partial charge in [-0.2, -0.15) is 0 Å². The van der Waals surface area contributed by atoms with Crippen molar-refractivity contribution in [1.29, 1.82) is 0 Å². The van der Waals surface area contributed by atoms with E-state index >= 15 is 0 Å². The molecule has 0 aliphatic carbocycles. The molecule has 0 atom stereocenters. The van der Waals surface area contributed by atoms with Gasteiger partial charge in [0.15, 0.2) is 0 Å². The maximum atomic E-state index is 13.0. The molecule has 0 radical (unpaired) electrons. The van der Waals surface area contributed by atoms with Crippen LogP contribution in [-0.2, 0) is 24.2 Å². The van der Waals surface area contributed by atoms with Gasteiger partial charge < -0.3 is 19.0 Å². The minimum Gasteiger partial charge on any atom is -0.462 e. The number of Topliss-reactive ketones (excluding diaryl/α,β-unsaturated/α-hetero) is 1. The second-order valence-corrected chi connectivity index (χ2v) is 14.4. The normalized spacial score (nSPS) is 8.91. The van der Waals surface area contributed by atoms with E-state index < -0.39 is 9.84 Å². The van der Waals surface area contributed by atoms with Crippen molar-refractivity contribution in [3.8, 4) is 23.0 Å². The van der Waals surface area contributed by atoms with Crippen LogP contribution in [0.3, 0.4) is 0 Å². The standard InChI is InChI=1S/C26H22O4S.C7H12O2.2C6H6.C3H6O.4C2H6/c1-19-3-7-21(8-4-19)29-23-11-15-25(16-12-23)31(27,28)26-17-13-24(14-18-26)30-22-9-5-20(2)6-10-22;1-4-5-9-7(8)6(2)3;2*1-2-4-6-5-3-1;1-3(2)4;4*1-2/h3-18H,1-2H3;2,4-5H2,1,3H3;2*1-6H;1-2H3;4*1-2H3. The Kier molecular flexibility index (Phi) is 39.6. The molecule has 0 bridgehead atoms. The lowest BCUT2D eigenvalue weighted by molar-refractivity contribution is -0.138. The molecule has 0 saturated carbocycles. The number of sulfone groups is 1. The molecule has 0 unspecified atom stereocenters. The second-order valence-electron chi connectivity index (χ2n) is 12.4. The zero-order valence-electron chi connectivity index (χ0n) is 41.1. The van der Waals surface area contributed by atoms with E-state index in [2.05, 4.69) is 6.58 Å². The number of carbonyl (C=O) groups excluding carboxylic acids is 2. The summed E-state index contributed by atoms with van der Waals surface area (Å²) < 4.78 is 42.2. The Hall–Kier alpha value is -6.25. The molecule has 0 fully saturated rings. The Labute approximate surface area is 388 Å². The van der Waals surface area contributed by atoms with Crippen LogP contribution in [0.15, 0.2) is 192 Å². The summed E-state index contributed by atoms with van der Waals surface area (Å²) in [7, 11) is -3.64. The molecule has 348 valence electrons. The van der Waals surface area contributed by atoms with E-state index in [0.717, 1.165) is 17.5 Å². The lowest BCUT2D eigenvalue weighted by Crippen LogP contribution is -2.04. The molecule has 6 aromatic carbocycles. The Morgan fingerprint density at radius 2 is 0.672 bits per heavy atom. The summed E-state index contributed by atoms with van der Waals surface area (Å²) in [5.74, 6) is 2.42. The van der Waals surface area contributed by atoms with E-state index in [1.807, 2.05) is 197 Å². The summed E-state index contributed by atoms with van der Waals surface area (Å²) in [5.41, 5.74) is 2.75. The summed E-state index contributed by atoms with van der Waals surface area (Å²) in [6.45, 7) is 30.6. The van der Waals surface area contributed by atoms with Gasteiger partial charge in [-0.15, -0.1) is 0 Å². The number of hydrogen-bond donors (Lipinski definition) is 0. The number of ether oxygens (including phenoxy) is 3. The van der Waals surface area contributed by atoms with E-state index in [9.17, 15) is 18.0 Å². The Morgan fingerprint density at radius 1 is 0.453 bits per heavy atom. The van der Waals surface area contributed by atoms with Gasteiger partial charge in [-0.25, -0.2) is 13.2 Å². The highest BCUT2D eigenvalue weighted by Crippen LogP contribution is 2.28. The largest absolute Gasteiger partial charge is 0.462 e. The van der Waals surface area contributed by atoms with E-state index in [1.54, 1.807) is 55.5 Å². The Morgan fingerprint density at radius 3 is 0.875 bits per heavy atom. The molecule has 64 heavy (non-hydrogen) atoms. The van der Waals surface area contributed by atoms with Crippen molar-refractivity contribution in [2.24, 2.45) is 0 Å². The van der Waals surface area contributed by atoms with Crippen molar-refractivity contribution < 1.29 is 32.2 Å². The molecular weight excluding hydrogens is 817 g/mol. The predicted molar refractivity (Wildman–Crippen MR) is 272 cm³/mol. The third kappa shape index (κ3) is 30.7. The molecule has 0 spiro atoms. The molecule has 6 aromatic rings. The Balaban J connectivity index is -0.000000913. The van der Waals surface area contributed by atoms with Gasteiger partial charge in [-0.1, -0.05) is 177 Å². The van der Waals surface area contributed by atoms with Crippen molar-refractivity contribution in [3.05, 3.63) is 193 Å². The van der Waals surface area contributed by atoms with Crippen LogP contribution >= 0.6 is 0 Å². The van der Waals surface area contributed by atoms with E-state index in [1.165, 1.54) is 13.8 Å². The monoisotopic (exact) mass is 893 g/mol. The Bertz CT molecular complexity index is 1910. The van der Waals surface area contributed by atoms with Crippen molar-refractivity contribution in [2.75, 3.05) is 6.61 Å². The third-order valence-electron chi connectivity index (χ3n) is 6.90. The first kappa shape index (κ1) is 62.0. The average molecular weight is 893 g/mol. The molecule has 0 aliphatic heterocycles. The maximum Gasteiger partial charge on any atom is 0.333 e. The molecule has 0 aliphatic rings. The number of benzene rings is 6. The van der Waals surface area contributed by atoms with Crippen LogP contribution < -0.4 is 9.47 Å². The van der Waals surface area contributed by atoms with Gasteiger partial charge in [-0.3, -0.25) is 0 Å². The number of rotatable bonds is 9. The number of ketones is 1. The molecule has 0 aromatic heterocycles. The highest BCUT2D eigenvalue weighted by atomic mass is 32.2. The smallest absolute Gasteiger partial charge is 0.333 e. The summed E-state index contributed by atoms with van der Waals surface area (Å²) >= 11 is 0. The van der Waals surface area contributed by atoms with Crippen molar-refractivity contribution in [3.63, 3.8) is 0 Å². The fourth-order valence-electron chi connectivity index (χ4n) is 4.08. The van der Waals surface area contributed by atoms with Crippen molar-refractivity contribution in [2.45, 2.75) is 113 Å². The minimum absolute atomic E-state index is 0.167. The summed E-state index contributed by atoms with van der Waals surface area (Å²) in [6.07, 6.45) is 0.860. The second kappa shape index (κ2) is 40.8. The first-order chi connectivity index (χ1) is 30.8. The zero-order chi connectivity index (χ0) is 49.2. The van der Waals surface area contributed by atoms with Gasteiger partial charge in [0.25, 0.3) is 0 Å². The predicted octanol–water partition coefficient (Wildman–Crippen LogP) is 16.3. The highest BCUT2D eigenvalue weighted by Gasteiger charge is 2.18. The molecule has 0 heterocycles. The van der Waals surface area contributed by atoms with Crippen LogP contribution in [0.25, 0.3) is 0 Å². The zero-order valence-corrected chi connectivity index (χ0v) is 41.9. The third-order valence-corrected chi connectivity index (χ3v) is 8.69. The molecule has 0 saturated heterocycles. The van der Waals surface area contributed by atoms with Crippen molar-refractivity contribution in [1.82, 2.24) is 0 Å². The van der Waals surface area contributed by atoms with Crippen molar-refractivity contribution >= 4 is 21.6 Å². The molecule has 7 nitrogen and oxygen atoms in total. The molecule has 0 amide bonds. The number of aryl methyl sites for hydroxylation is 2. The van der Waals surface area contributed by atoms with Gasteiger partial charge in [0, 0.05) is 5.57 Å². The van der Waals surface area contributed by atoms with Gasteiger partial charge in [0.1, 0.15) is 28.8 Å². The van der Waals surface area contributed by atoms with Crippen LogP contribution in [0.1, 0.15) is 101 Å². The van der Waals surface area contributed by atoms with E-state index in [-0.39, 0.29) is 21.5 Å². The molecule has 8 heteroatoms. The average Bonchev–Trinajstić information content (AvgIpc) is 3.34. The van der Waals surface area contributed by atoms with Gasteiger partial charge >= 0.3 is 5.97 Å². The number of hydrogen-bond acceptors (Lipinski definition) is 7. The van der Waals surface area contributed by atoms with Crippen LogP contribution in [0.2, 0.25) is 0 Å². The molecule has 6 rings (SSSR count). The number of carbonyl (C=O) groups is 2. The molecule has 0 N–H and O–H groups in total. The summed E-state index contributed by atoms with van der Waals surface area (Å²) in [5, 5.41) is 0. The maximum absolute atomic E-state index is 13.0. The van der Waals surface area contributed by atoms with Crippen LogP contribution in [-0.4, -0.2) is 26.8 Å².